The van der Waals surface area contributed by atoms with Crippen LogP contribution in [-0.4, -0.2) is 6.61 Å². The van der Waals surface area contributed by atoms with Gasteiger partial charge in [0.05, 0.1) is 0 Å². The summed E-state index contributed by atoms with van der Waals surface area (Å²) < 4.78 is 42.0. The molecular formula is C13H7Cl2F3O. The predicted molar refractivity (Wildman–Crippen MR) is 68.5 cm³/mol. The van der Waals surface area contributed by atoms with Gasteiger partial charge in [-0.3, -0.25) is 0 Å². The fourth-order valence-corrected chi connectivity index (χ4v) is 1.99. The lowest BCUT2D eigenvalue weighted by Gasteiger charge is -2.09. The minimum atomic E-state index is -3.00. The Labute approximate surface area is 117 Å². The minimum Gasteiger partial charge on any atom is -0.435 e. The number of rotatable bonds is 3. The fraction of sp³-hybridized carbons (Fsp3) is 0.0769. The van der Waals surface area contributed by atoms with Gasteiger partial charge in [0.25, 0.3) is 0 Å². The first-order chi connectivity index (χ1) is 8.97. The van der Waals surface area contributed by atoms with E-state index in [9.17, 15) is 13.2 Å². The first-order valence-corrected chi connectivity index (χ1v) is 5.93. The van der Waals surface area contributed by atoms with Gasteiger partial charge in [-0.05, 0) is 30.3 Å². The van der Waals surface area contributed by atoms with Gasteiger partial charge in [0, 0.05) is 27.2 Å². The SMILES string of the molecule is Fc1cc(OC(F)F)ccc1-c1cc(Cl)ccc1Cl. The van der Waals surface area contributed by atoms with Crippen molar-refractivity contribution in [3.63, 3.8) is 0 Å². The van der Waals surface area contributed by atoms with Crippen LogP contribution in [0.2, 0.25) is 10.0 Å². The first-order valence-electron chi connectivity index (χ1n) is 5.17. The van der Waals surface area contributed by atoms with Gasteiger partial charge in [-0.15, -0.1) is 0 Å². The zero-order chi connectivity index (χ0) is 14.0. The molecule has 0 amide bonds. The predicted octanol–water partition coefficient (Wildman–Crippen LogP) is 5.40. The summed E-state index contributed by atoms with van der Waals surface area (Å²) >= 11 is 11.8. The van der Waals surface area contributed by atoms with E-state index < -0.39 is 12.4 Å². The second-order valence-corrected chi connectivity index (χ2v) is 4.49. The standard InChI is InChI=1S/C13H7Cl2F3O/c14-7-1-4-11(15)10(5-7)9-3-2-8(6-12(9)16)19-13(17)18/h1-6,13H. The topological polar surface area (TPSA) is 9.23 Å². The maximum absolute atomic E-state index is 13.9. The van der Waals surface area contributed by atoms with E-state index in [4.69, 9.17) is 23.2 Å². The maximum atomic E-state index is 13.9. The molecule has 2 rings (SSSR count). The zero-order valence-corrected chi connectivity index (χ0v) is 10.9. The molecule has 19 heavy (non-hydrogen) atoms. The Hall–Kier alpha value is -1.39. The Bertz CT molecular complexity index is 602. The third kappa shape index (κ3) is 3.33. The molecule has 6 heteroatoms. The molecular weight excluding hydrogens is 300 g/mol. The van der Waals surface area contributed by atoms with Crippen molar-refractivity contribution < 1.29 is 17.9 Å². The number of halogens is 5. The van der Waals surface area contributed by atoms with Gasteiger partial charge in [0.2, 0.25) is 0 Å². The fourth-order valence-electron chi connectivity index (χ4n) is 1.59. The largest absolute Gasteiger partial charge is 0.435 e. The second-order valence-electron chi connectivity index (χ2n) is 3.64. The molecule has 0 fully saturated rings. The Kier molecular flexibility index (Phi) is 4.22. The summed E-state index contributed by atoms with van der Waals surface area (Å²) in [5.74, 6) is -0.975. The smallest absolute Gasteiger partial charge is 0.387 e. The molecule has 0 aliphatic carbocycles. The van der Waals surface area contributed by atoms with Gasteiger partial charge in [-0.2, -0.15) is 8.78 Å². The summed E-state index contributed by atoms with van der Waals surface area (Å²) in [5.41, 5.74) is 0.546. The van der Waals surface area contributed by atoms with Crippen molar-refractivity contribution in [1.82, 2.24) is 0 Å². The highest BCUT2D eigenvalue weighted by Crippen LogP contribution is 2.33. The van der Waals surface area contributed by atoms with Crippen LogP contribution in [0.3, 0.4) is 0 Å². The van der Waals surface area contributed by atoms with Crippen LogP contribution in [0, 0.1) is 5.82 Å². The van der Waals surface area contributed by atoms with Crippen molar-refractivity contribution in [2.45, 2.75) is 6.61 Å². The molecule has 0 aliphatic rings. The number of hydrogen-bond donors (Lipinski definition) is 0. The van der Waals surface area contributed by atoms with Gasteiger partial charge in [0.15, 0.2) is 0 Å². The Morgan fingerprint density at radius 3 is 2.32 bits per heavy atom. The van der Waals surface area contributed by atoms with E-state index in [1.54, 1.807) is 6.07 Å². The molecule has 0 aromatic heterocycles. The summed E-state index contributed by atoms with van der Waals surface area (Å²) in [4.78, 5) is 0. The lowest BCUT2D eigenvalue weighted by atomic mass is 10.0. The van der Waals surface area contributed by atoms with Crippen LogP contribution in [-0.2, 0) is 0 Å². The van der Waals surface area contributed by atoms with Gasteiger partial charge in [-0.25, -0.2) is 4.39 Å². The van der Waals surface area contributed by atoms with Crippen LogP contribution < -0.4 is 4.74 Å². The molecule has 0 spiro atoms. The van der Waals surface area contributed by atoms with Crippen LogP contribution >= 0.6 is 23.2 Å². The average Bonchev–Trinajstić information content (AvgIpc) is 2.32. The molecule has 0 saturated carbocycles. The van der Waals surface area contributed by atoms with E-state index in [1.165, 1.54) is 24.3 Å². The van der Waals surface area contributed by atoms with Crippen LogP contribution in [0.25, 0.3) is 11.1 Å². The van der Waals surface area contributed by atoms with Gasteiger partial charge >= 0.3 is 6.61 Å². The Balaban J connectivity index is 2.43. The van der Waals surface area contributed by atoms with E-state index >= 15 is 0 Å². The number of ether oxygens (including phenoxy) is 1. The molecule has 0 bridgehead atoms. The number of hydrogen-bond acceptors (Lipinski definition) is 1. The van der Waals surface area contributed by atoms with Crippen molar-refractivity contribution in [3.05, 3.63) is 52.3 Å². The third-order valence-corrected chi connectivity index (χ3v) is 2.95. The maximum Gasteiger partial charge on any atom is 0.387 e. The molecule has 1 nitrogen and oxygen atoms in total. The highest BCUT2D eigenvalue weighted by molar-refractivity contribution is 6.35. The van der Waals surface area contributed by atoms with Crippen LogP contribution in [0.1, 0.15) is 0 Å². The monoisotopic (exact) mass is 306 g/mol. The summed E-state index contributed by atoms with van der Waals surface area (Å²) in [6.07, 6.45) is 0. The zero-order valence-electron chi connectivity index (χ0n) is 9.34. The van der Waals surface area contributed by atoms with E-state index in [0.717, 1.165) is 6.07 Å². The van der Waals surface area contributed by atoms with E-state index in [2.05, 4.69) is 4.74 Å². The quantitative estimate of drug-likeness (QED) is 0.737. The Morgan fingerprint density at radius 2 is 1.68 bits per heavy atom. The van der Waals surface area contributed by atoms with Crippen LogP contribution in [0.4, 0.5) is 13.2 Å². The lowest BCUT2D eigenvalue weighted by molar-refractivity contribution is -0.0499. The highest BCUT2D eigenvalue weighted by Gasteiger charge is 2.12. The highest BCUT2D eigenvalue weighted by atomic mass is 35.5. The lowest BCUT2D eigenvalue weighted by Crippen LogP contribution is -2.02. The number of alkyl halides is 2. The average molecular weight is 307 g/mol. The van der Waals surface area contributed by atoms with Gasteiger partial charge in [-0.1, -0.05) is 23.2 Å². The van der Waals surface area contributed by atoms with Gasteiger partial charge < -0.3 is 4.74 Å². The Morgan fingerprint density at radius 1 is 0.947 bits per heavy atom. The van der Waals surface area contributed by atoms with Crippen molar-refractivity contribution in [2.24, 2.45) is 0 Å². The molecule has 0 atom stereocenters. The molecule has 2 aromatic rings. The first kappa shape index (κ1) is 14.0. The summed E-state index contributed by atoms with van der Waals surface area (Å²) in [6.45, 7) is -3.00. The van der Waals surface area contributed by atoms with E-state index in [0.29, 0.717) is 15.6 Å². The molecule has 0 aliphatic heterocycles. The van der Waals surface area contributed by atoms with E-state index in [-0.39, 0.29) is 11.3 Å². The molecule has 0 heterocycles. The molecule has 0 radical (unpaired) electrons. The van der Waals surface area contributed by atoms with Crippen LogP contribution in [0.15, 0.2) is 36.4 Å². The summed E-state index contributed by atoms with van der Waals surface area (Å²) in [7, 11) is 0. The van der Waals surface area contributed by atoms with Crippen molar-refractivity contribution >= 4 is 23.2 Å². The molecule has 100 valence electrons. The number of benzene rings is 2. The molecule has 2 aromatic carbocycles. The molecule has 0 unspecified atom stereocenters. The molecule has 0 N–H and O–H groups in total. The van der Waals surface area contributed by atoms with Crippen molar-refractivity contribution in [2.75, 3.05) is 0 Å². The third-order valence-electron chi connectivity index (χ3n) is 2.38. The second kappa shape index (κ2) is 5.72. The van der Waals surface area contributed by atoms with Crippen molar-refractivity contribution in [1.29, 1.82) is 0 Å². The normalized spacial score (nSPS) is 10.8. The summed E-state index contributed by atoms with van der Waals surface area (Å²) in [5, 5.41) is 0.706. The van der Waals surface area contributed by atoms with Gasteiger partial charge in [0.1, 0.15) is 11.6 Å². The molecule has 0 saturated heterocycles. The minimum absolute atomic E-state index is 0.161. The van der Waals surface area contributed by atoms with Crippen LogP contribution in [0.5, 0.6) is 5.75 Å². The summed E-state index contributed by atoms with van der Waals surface area (Å²) in [6, 6.07) is 8.02. The van der Waals surface area contributed by atoms with Crippen molar-refractivity contribution in [3.8, 4) is 16.9 Å². The van der Waals surface area contributed by atoms with E-state index in [1.807, 2.05) is 0 Å².